The highest BCUT2D eigenvalue weighted by Gasteiger charge is 2.28. The summed E-state index contributed by atoms with van der Waals surface area (Å²) in [6.45, 7) is 6.59. The van der Waals surface area contributed by atoms with E-state index < -0.39 is 5.67 Å². The Balaban J connectivity index is 0.00000225. The van der Waals surface area contributed by atoms with Crippen LogP contribution in [0, 0.1) is 0 Å². The number of halogens is 2. The fourth-order valence-electron chi connectivity index (χ4n) is 2.02. The van der Waals surface area contributed by atoms with E-state index in [1.165, 1.54) is 20.8 Å². The lowest BCUT2D eigenvalue weighted by molar-refractivity contribution is -0.133. The predicted molar refractivity (Wildman–Crippen MR) is 65.7 cm³/mol. The average Bonchev–Trinajstić information content (AvgIpc) is 2.14. The van der Waals surface area contributed by atoms with Crippen LogP contribution in [-0.4, -0.2) is 42.2 Å². The molecule has 1 saturated heterocycles. The standard InChI is InChI=1S/C11H21FN2O.ClH/c1-9(15)14(8-11(2,3)12)10-4-6-13-7-5-10;/h10,13H,4-8H2,1-3H3;1H. The Morgan fingerprint density at radius 3 is 2.31 bits per heavy atom. The van der Waals surface area contributed by atoms with Crippen LogP contribution in [0.1, 0.15) is 33.6 Å². The van der Waals surface area contributed by atoms with Crippen LogP contribution in [0.5, 0.6) is 0 Å². The Morgan fingerprint density at radius 2 is 1.94 bits per heavy atom. The van der Waals surface area contributed by atoms with E-state index in [0.717, 1.165) is 25.9 Å². The van der Waals surface area contributed by atoms with Crippen LogP contribution in [0.4, 0.5) is 4.39 Å². The molecule has 96 valence electrons. The lowest BCUT2D eigenvalue weighted by Crippen LogP contribution is -2.49. The number of alkyl halides is 1. The molecule has 1 rings (SSSR count). The zero-order valence-corrected chi connectivity index (χ0v) is 11.1. The van der Waals surface area contributed by atoms with Gasteiger partial charge in [0.15, 0.2) is 0 Å². The van der Waals surface area contributed by atoms with Crippen molar-refractivity contribution in [1.29, 1.82) is 0 Å². The van der Waals surface area contributed by atoms with Crippen molar-refractivity contribution in [2.45, 2.75) is 45.3 Å². The molecule has 1 aliphatic heterocycles. The van der Waals surface area contributed by atoms with Crippen LogP contribution >= 0.6 is 12.4 Å². The van der Waals surface area contributed by atoms with E-state index in [2.05, 4.69) is 5.32 Å². The van der Waals surface area contributed by atoms with E-state index >= 15 is 0 Å². The van der Waals surface area contributed by atoms with Crippen molar-refractivity contribution >= 4 is 18.3 Å². The first-order valence-electron chi connectivity index (χ1n) is 5.57. The monoisotopic (exact) mass is 252 g/mol. The molecule has 3 nitrogen and oxygen atoms in total. The van der Waals surface area contributed by atoms with Crippen LogP contribution in [0.25, 0.3) is 0 Å². The maximum Gasteiger partial charge on any atom is 0.219 e. The number of nitrogens with zero attached hydrogens (tertiary/aromatic N) is 1. The number of hydrogen-bond donors (Lipinski definition) is 1. The smallest absolute Gasteiger partial charge is 0.219 e. The van der Waals surface area contributed by atoms with Crippen molar-refractivity contribution in [2.24, 2.45) is 0 Å². The molecule has 0 aromatic carbocycles. The van der Waals surface area contributed by atoms with Gasteiger partial charge in [-0.1, -0.05) is 0 Å². The fourth-order valence-corrected chi connectivity index (χ4v) is 2.02. The summed E-state index contributed by atoms with van der Waals surface area (Å²) < 4.78 is 13.5. The minimum atomic E-state index is -1.31. The van der Waals surface area contributed by atoms with Crippen molar-refractivity contribution in [3.63, 3.8) is 0 Å². The Kier molecular flexibility index (Phi) is 6.26. The number of rotatable bonds is 3. The van der Waals surface area contributed by atoms with E-state index in [0.29, 0.717) is 0 Å². The molecule has 0 aliphatic carbocycles. The second kappa shape index (κ2) is 6.40. The molecule has 0 bridgehead atoms. The van der Waals surface area contributed by atoms with Gasteiger partial charge in [0.05, 0.1) is 6.54 Å². The Bertz CT molecular complexity index is 225. The van der Waals surface area contributed by atoms with Crippen molar-refractivity contribution in [3.8, 4) is 0 Å². The number of nitrogens with one attached hydrogen (secondary N) is 1. The van der Waals surface area contributed by atoms with Gasteiger partial charge in [0.25, 0.3) is 0 Å². The summed E-state index contributed by atoms with van der Waals surface area (Å²) in [4.78, 5) is 13.1. The Morgan fingerprint density at radius 1 is 1.44 bits per heavy atom. The van der Waals surface area contributed by atoms with Gasteiger partial charge in [-0.3, -0.25) is 4.79 Å². The molecule has 1 fully saturated rings. The molecule has 5 heteroatoms. The zero-order chi connectivity index (χ0) is 11.5. The van der Waals surface area contributed by atoms with Crippen LogP contribution in [0.15, 0.2) is 0 Å². The Labute approximate surface area is 103 Å². The summed E-state index contributed by atoms with van der Waals surface area (Å²) in [6, 6.07) is 0.207. The second-order valence-electron chi connectivity index (χ2n) is 4.85. The third-order valence-electron chi connectivity index (χ3n) is 2.70. The third kappa shape index (κ3) is 5.12. The van der Waals surface area contributed by atoms with E-state index in [1.54, 1.807) is 4.90 Å². The minimum Gasteiger partial charge on any atom is -0.337 e. The third-order valence-corrected chi connectivity index (χ3v) is 2.70. The molecule has 1 aliphatic rings. The highest BCUT2D eigenvalue weighted by atomic mass is 35.5. The molecular weight excluding hydrogens is 231 g/mol. The number of amides is 1. The topological polar surface area (TPSA) is 32.3 Å². The van der Waals surface area contributed by atoms with Gasteiger partial charge in [0, 0.05) is 13.0 Å². The molecule has 0 unspecified atom stereocenters. The van der Waals surface area contributed by atoms with Crippen molar-refractivity contribution < 1.29 is 9.18 Å². The molecule has 0 spiro atoms. The zero-order valence-electron chi connectivity index (χ0n) is 10.3. The van der Waals surface area contributed by atoms with Crippen LogP contribution in [0.3, 0.4) is 0 Å². The number of piperidine rings is 1. The van der Waals surface area contributed by atoms with E-state index in [-0.39, 0.29) is 30.9 Å². The van der Waals surface area contributed by atoms with E-state index in [9.17, 15) is 9.18 Å². The van der Waals surface area contributed by atoms with Gasteiger partial charge in [-0.25, -0.2) is 4.39 Å². The fraction of sp³-hybridized carbons (Fsp3) is 0.909. The van der Waals surface area contributed by atoms with E-state index in [1.807, 2.05) is 0 Å². The van der Waals surface area contributed by atoms with E-state index in [4.69, 9.17) is 0 Å². The molecule has 16 heavy (non-hydrogen) atoms. The van der Waals surface area contributed by atoms with Gasteiger partial charge in [0.2, 0.25) is 5.91 Å². The van der Waals surface area contributed by atoms with Crippen molar-refractivity contribution in [3.05, 3.63) is 0 Å². The molecule has 0 radical (unpaired) electrons. The largest absolute Gasteiger partial charge is 0.337 e. The first kappa shape index (κ1) is 15.7. The summed E-state index contributed by atoms with van der Waals surface area (Å²) in [5.41, 5.74) is -1.31. The molecular formula is C11H22ClFN2O. The quantitative estimate of drug-likeness (QED) is 0.830. The maximum absolute atomic E-state index is 13.5. The summed E-state index contributed by atoms with van der Waals surface area (Å²) in [7, 11) is 0. The summed E-state index contributed by atoms with van der Waals surface area (Å²) in [6.07, 6.45) is 1.85. The summed E-state index contributed by atoms with van der Waals surface area (Å²) >= 11 is 0. The number of carbonyl (C=O) groups is 1. The van der Waals surface area contributed by atoms with Gasteiger partial charge >= 0.3 is 0 Å². The minimum absolute atomic E-state index is 0. The molecule has 1 N–H and O–H groups in total. The summed E-state index contributed by atoms with van der Waals surface area (Å²) in [5.74, 6) is -0.0207. The van der Waals surface area contributed by atoms with Gasteiger partial charge < -0.3 is 10.2 Å². The normalized spacial score (nSPS) is 17.8. The van der Waals surface area contributed by atoms with Gasteiger partial charge in [-0.15, -0.1) is 12.4 Å². The molecule has 0 atom stereocenters. The first-order valence-corrected chi connectivity index (χ1v) is 5.57. The second-order valence-corrected chi connectivity index (χ2v) is 4.85. The summed E-state index contributed by atoms with van der Waals surface area (Å²) in [5, 5.41) is 3.24. The first-order chi connectivity index (χ1) is 6.90. The Hall–Kier alpha value is -0.350. The van der Waals surface area contributed by atoms with Crippen LogP contribution in [0.2, 0.25) is 0 Å². The van der Waals surface area contributed by atoms with Crippen LogP contribution in [-0.2, 0) is 4.79 Å². The molecule has 1 amide bonds. The van der Waals surface area contributed by atoms with Gasteiger partial charge in [-0.2, -0.15) is 0 Å². The maximum atomic E-state index is 13.5. The predicted octanol–water partition coefficient (Wildman–Crippen LogP) is 1.76. The number of hydrogen-bond acceptors (Lipinski definition) is 2. The van der Waals surface area contributed by atoms with Gasteiger partial charge in [-0.05, 0) is 39.8 Å². The average molecular weight is 253 g/mol. The molecule has 0 aromatic rings. The molecule has 1 heterocycles. The van der Waals surface area contributed by atoms with Crippen molar-refractivity contribution in [2.75, 3.05) is 19.6 Å². The highest BCUT2D eigenvalue weighted by Crippen LogP contribution is 2.18. The van der Waals surface area contributed by atoms with Crippen LogP contribution < -0.4 is 5.32 Å². The molecule has 0 aromatic heterocycles. The van der Waals surface area contributed by atoms with Crippen molar-refractivity contribution in [1.82, 2.24) is 10.2 Å². The highest BCUT2D eigenvalue weighted by molar-refractivity contribution is 5.85. The SMILES string of the molecule is CC(=O)N(CC(C)(C)F)C1CCNCC1.Cl. The number of carbonyl (C=O) groups excluding carboxylic acids is 1. The lowest BCUT2D eigenvalue weighted by atomic mass is 10.0. The lowest BCUT2D eigenvalue weighted by Gasteiger charge is -2.36. The molecule has 0 saturated carbocycles. The van der Waals surface area contributed by atoms with Gasteiger partial charge in [0.1, 0.15) is 5.67 Å².